The molecule has 0 aromatic heterocycles. The van der Waals surface area contributed by atoms with Crippen molar-refractivity contribution in [2.45, 2.75) is 13.2 Å². The summed E-state index contributed by atoms with van der Waals surface area (Å²) in [6, 6.07) is 17.0. The van der Waals surface area contributed by atoms with Crippen LogP contribution in [0.5, 0.6) is 5.75 Å². The molecule has 1 amide bonds. The average Bonchev–Trinajstić information content (AvgIpc) is 2.71. The Kier molecular flexibility index (Phi) is 6.46. The van der Waals surface area contributed by atoms with Crippen molar-refractivity contribution in [2.75, 3.05) is 0 Å². The minimum Gasteiger partial charge on any atom is -0.489 e. The van der Waals surface area contributed by atoms with Gasteiger partial charge in [-0.1, -0.05) is 35.9 Å². The van der Waals surface area contributed by atoms with Crippen molar-refractivity contribution in [3.8, 4) is 5.75 Å². The Balaban J connectivity index is 1.63. The highest BCUT2D eigenvalue weighted by molar-refractivity contribution is 6.33. The van der Waals surface area contributed by atoms with Gasteiger partial charge in [-0.25, -0.2) is 9.18 Å². The van der Waals surface area contributed by atoms with Gasteiger partial charge in [0.2, 0.25) is 0 Å². The number of hydrogen-bond acceptors (Lipinski definition) is 3. The third kappa shape index (κ3) is 5.56. The maximum absolute atomic E-state index is 13.2. The van der Waals surface area contributed by atoms with Crippen molar-refractivity contribution in [1.29, 1.82) is 0 Å². The summed E-state index contributed by atoms with van der Waals surface area (Å²) in [5.41, 5.74) is 1.82. The van der Waals surface area contributed by atoms with Gasteiger partial charge in [-0.3, -0.25) is 4.79 Å². The van der Waals surface area contributed by atoms with Gasteiger partial charge in [0, 0.05) is 6.54 Å². The molecule has 0 atom stereocenters. The highest BCUT2D eigenvalue weighted by atomic mass is 35.5. The summed E-state index contributed by atoms with van der Waals surface area (Å²) < 4.78 is 18.9. The van der Waals surface area contributed by atoms with Gasteiger partial charge in [-0.15, -0.1) is 0 Å². The van der Waals surface area contributed by atoms with E-state index in [1.54, 1.807) is 36.4 Å². The third-order valence-corrected chi connectivity index (χ3v) is 4.46. The molecule has 0 radical (unpaired) electrons. The fourth-order valence-electron chi connectivity index (χ4n) is 2.60. The van der Waals surface area contributed by atoms with E-state index in [2.05, 4.69) is 5.32 Å². The number of amides is 1. The van der Waals surface area contributed by atoms with E-state index in [4.69, 9.17) is 21.4 Å². The first-order valence-electron chi connectivity index (χ1n) is 8.69. The smallest absolute Gasteiger partial charge is 0.335 e. The van der Waals surface area contributed by atoms with Crippen LogP contribution in [0.2, 0.25) is 5.02 Å². The number of rotatable bonds is 7. The highest BCUT2D eigenvalue weighted by Gasteiger charge is 2.12. The van der Waals surface area contributed by atoms with Gasteiger partial charge in [-0.05, 0) is 53.6 Å². The second-order valence-corrected chi connectivity index (χ2v) is 6.65. The second kappa shape index (κ2) is 9.21. The molecule has 0 saturated heterocycles. The quantitative estimate of drug-likeness (QED) is 0.589. The first-order chi connectivity index (χ1) is 13.9. The van der Waals surface area contributed by atoms with E-state index in [9.17, 15) is 14.0 Å². The molecule has 5 nitrogen and oxygen atoms in total. The molecule has 148 valence electrons. The Hall–Kier alpha value is -3.38. The molecule has 0 bridgehead atoms. The summed E-state index contributed by atoms with van der Waals surface area (Å²) in [4.78, 5) is 23.4. The van der Waals surface area contributed by atoms with Crippen LogP contribution in [0.3, 0.4) is 0 Å². The van der Waals surface area contributed by atoms with Gasteiger partial charge >= 0.3 is 5.97 Å². The third-order valence-electron chi connectivity index (χ3n) is 4.13. The Morgan fingerprint density at radius 1 is 1.00 bits per heavy atom. The number of nitrogens with one attached hydrogen (secondary N) is 1. The summed E-state index contributed by atoms with van der Waals surface area (Å²) in [6.07, 6.45) is 0. The molecule has 0 spiro atoms. The van der Waals surface area contributed by atoms with Crippen molar-refractivity contribution in [1.82, 2.24) is 5.32 Å². The largest absolute Gasteiger partial charge is 0.489 e. The van der Waals surface area contributed by atoms with Crippen LogP contribution in [0.15, 0.2) is 66.7 Å². The van der Waals surface area contributed by atoms with Crippen LogP contribution in [0, 0.1) is 5.82 Å². The Bertz CT molecular complexity index is 1040. The molecule has 29 heavy (non-hydrogen) atoms. The molecule has 0 aliphatic rings. The van der Waals surface area contributed by atoms with Gasteiger partial charge < -0.3 is 15.2 Å². The minimum atomic E-state index is -1.01. The molecule has 0 heterocycles. The number of hydrogen-bond donors (Lipinski definition) is 2. The summed E-state index contributed by atoms with van der Waals surface area (Å²) in [7, 11) is 0. The van der Waals surface area contributed by atoms with E-state index in [0.29, 0.717) is 11.3 Å². The predicted octanol–water partition coefficient (Wildman–Crippen LogP) is 4.69. The molecule has 2 N–H and O–H groups in total. The zero-order chi connectivity index (χ0) is 20.8. The topological polar surface area (TPSA) is 75.6 Å². The van der Waals surface area contributed by atoms with E-state index in [1.165, 1.54) is 30.3 Å². The normalized spacial score (nSPS) is 10.4. The van der Waals surface area contributed by atoms with Crippen molar-refractivity contribution >= 4 is 23.5 Å². The van der Waals surface area contributed by atoms with Crippen LogP contribution in [0.4, 0.5) is 4.39 Å². The van der Waals surface area contributed by atoms with Gasteiger partial charge in [0.15, 0.2) is 0 Å². The average molecular weight is 414 g/mol. The number of benzene rings is 3. The van der Waals surface area contributed by atoms with Gasteiger partial charge in [-0.2, -0.15) is 0 Å². The molecule has 0 aliphatic carbocycles. The summed E-state index contributed by atoms with van der Waals surface area (Å²) >= 11 is 6.14. The van der Waals surface area contributed by atoms with Crippen LogP contribution in [-0.2, 0) is 13.2 Å². The molecule has 0 aliphatic heterocycles. The second-order valence-electron chi connectivity index (χ2n) is 6.25. The summed E-state index contributed by atoms with van der Waals surface area (Å²) in [5.74, 6) is -1.33. The zero-order valence-electron chi connectivity index (χ0n) is 15.2. The van der Waals surface area contributed by atoms with Crippen molar-refractivity contribution in [3.05, 3.63) is 99.8 Å². The van der Waals surface area contributed by atoms with Crippen LogP contribution in [0.1, 0.15) is 31.8 Å². The first kappa shape index (κ1) is 20.4. The maximum atomic E-state index is 13.2. The molecular formula is C22H17ClFNO4. The van der Waals surface area contributed by atoms with E-state index >= 15 is 0 Å². The Labute approximate surface area is 171 Å². The zero-order valence-corrected chi connectivity index (χ0v) is 15.9. The number of aromatic carboxylic acids is 1. The number of carbonyl (C=O) groups is 2. The lowest BCUT2D eigenvalue weighted by atomic mass is 10.1. The minimum absolute atomic E-state index is 0.149. The molecule has 7 heteroatoms. The lowest BCUT2D eigenvalue weighted by Gasteiger charge is -2.11. The van der Waals surface area contributed by atoms with Gasteiger partial charge in [0.1, 0.15) is 18.2 Å². The number of carbonyl (C=O) groups excluding carboxylic acids is 1. The molecule has 0 saturated carbocycles. The number of carboxylic acids is 1. The highest BCUT2D eigenvalue weighted by Crippen LogP contribution is 2.23. The SMILES string of the molecule is O=C(O)c1ccc(CNC(=O)c2cc(OCc3cccc(F)c3)ccc2Cl)cc1. The lowest BCUT2D eigenvalue weighted by Crippen LogP contribution is -2.23. The lowest BCUT2D eigenvalue weighted by molar-refractivity contribution is 0.0696. The molecule has 3 aromatic carbocycles. The number of halogens is 2. The molecule has 3 rings (SSSR count). The van der Waals surface area contributed by atoms with E-state index < -0.39 is 11.9 Å². The standard InChI is InChI=1S/C22H17ClFNO4/c23-20-9-8-18(29-13-15-2-1-3-17(24)10-15)11-19(20)21(26)25-12-14-4-6-16(7-5-14)22(27)28/h1-11H,12-13H2,(H,25,26)(H,27,28). The van der Waals surface area contributed by atoms with E-state index in [0.717, 1.165) is 5.56 Å². The predicted molar refractivity (Wildman–Crippen MR) is 107 cm³/mol. The monoisotopic (exact) mass is 413 g/mol. The molecule has 3 aromatic rings. The van der Waals surface area contributed by atoms with Crippen LogP contribution in [0.25, 0.3) is 0 Å². The van der Waals surface area contributed by atoms with Gasteiger partial charge in [0.25, 0.3) is 5.91 Å². The van der Waals surface area contributed by atoms with Gasteiger partial charge in [0.05, 0.1) is 16.1 Å². The fourth-order valence-corrected chi connectivity index (χ4v) is 2.81. The van der Waals surface area contributed by atoms with Crippen LogP contribution < -0.4 is 10.1 Å². The summed E-state index contributed by atoms with van der Waals surface area (Å²) in [6.45, 7) is 0.361. The Morgan fingerprint density at radius 2 is 1.76 bits per heavy atom. The number of ether oxygens (including phenoxy) is 1. The van der Waals surface area contributed by atoms with E-state index in [-0.39, 0.29) is 35.1 Å². The molecule has 0 fully saturated rings. The molecular weight excluding hydrogens is 397 g/mol. The summed E-state index contributed by atoms with van der Waals surface area (Å²) in [5, 5.41) is 11.9. The Morgan fingerprint density at radius 3 is 2.45 bits per heavy atom. The fraction of sp³-hybridized carbons (Fsp3) is 0.0909. The van der Waals surface area contributed by atoms with Crippen molar-refractivity contribution in [2.24, 2.45) is 0 Å². The van der Waals surface area contributed by atoms with Crippen molar-refractivity contribution < 1.29 is 23.8 Å². The molecule has 0 unspecified atom stereocenters. The maximum Gasteiger partial charge on any atom is 0.335 e. The first-order valence-corrected chi connectivity index (χ1v) is 9.07. The van der Waals surface area contributed by atoms with E-state index in [1.807, 2.05) is 0 Å². The van der Waals surface area contributed by atoms with Crippen molar-refractivity contribution in [3.63, 3.8) is 0 Å². The number of carboxylic acid groups (broad SMARTS) is 1. The van der Waals surface area contributed by atoms with Crippen LogP contribution >= 0.6 is 11.6 Å². The van der Waals surface area contributed by atoms with Crippen LogP contribution in [-0.4, -0.2) is 17.0 Å².